The lowest BCUT2D eigenvalue weighted by Gasteiger charge is -2.20. The van der Waals surface area contributed by atoms with Gasteiger partial charge in [0.25, 0.3) is 0 Å². The summed E-state index contributed by atoms with van der Waals surface area (Å²) in [7, 11) is 0. The summed E-state index contributed by atoms with van der Waals surface area (Å²) < 4.78 is 5.58. The molecule has 4 heteroatoms. The number of nitrogens with zero attached hydrogens (tertiary/aromatic N) is 2. The first kappa shape index (κ1) is 18.7. The number of aromatic nitrogens is 2. The molecule has 1 saturated carbocycles. The molecule has 0 amide bonds. The fraction of sp³-hybridized carbons (Fsp3) is 0.652. The highest BCUT2D eigenvalue weighted by Crippen LogP contribution is 2.31. The summed E-state index contributed by atoms with van der Waals surface area (Å²) in [5.41, 5.74) is 4.55. The SMILES string of the molecule is CC(Cc1ccc2c(c1)CCCC2)NC(C)c1nc(C2CCCCC2)no1. The zero-order chi connectivity index (χ0) is 18.6. The van der Waals surface area contributed by atoms with E-state index in [1.807, 2.05) is 0 Å². The Hall–Kier alpha value is -1.68. The molecule has 1 aromatic carbocycles. The van der Waals surface area contributed by atoms with Gasteiger partial charge >= 0.3 is 0 Å². The second-order valence-electron chi connectivity index (χ2n) is 8.63. The van der Waals surface area contributed by atoms with Crippen molar-refractivity contribution in [1.82, 2.24) is 15.5 Å². The van der Waals surface area contributed by atoms with Crippen LogP contribution in [0.3, 0.4) is 0 Å². The Bertz CT molecular complexity index is 748. The third-order valence-corrected chi connectivity index (χ3v) is 6.29. The van der Waals surface area contributed by atoms with Crippen LogP contribution in [0, 0.1) is 0 Å². The number of fused-ring (bicyclic) bond motifs is 1. The molecule has 2 aliphatic carbocycles. The molecule has 4 rings (SSSR count). The van der Waals surface area contributed by atoms with Crippen LogP contribution in [-0.2, 0) is 19.3 Å². The largest absolute Gasteiger partial charge is 0.338 e. The molecule has 0 aliphatic heterocycles. The van der Waals surface area contributed by atoms with Crippen molar-refractivity contribution in [2.45, 2.75) is 96.1 Å². The summed E-state index contributed by atoms with van der Waals surface area (Å²) in [5, 5.41) is 7.92. The van der Waals surface area contributed by atoms with E-state index in [2.05, 4.69) is 42.5 Å². The molecule has 2 atom stereocenters. The van der Waals surface area contributed by atoms with E-state index in [0.717, 1.165) is 18.1 Å². The van der Waals surface area contributed by atoms with Crippen molar-refractivity contribution in [3.05, 3.63) is 46.6 Å². The van der Waals surface area contributed by atoms with Crippen molar-refractivity contribution in [2.24, 2.45) is 0 Å². The molecule has 1 N–H and O–H groups in total. The van der Waals surface area contributed by atoms with Crippen LogP contribution < -0.4 is 5.32 Å². The molecule has 146 valence electrons. The molecule has 1 heterocycles. The molecule has 2 unspecified atom stereocenters. The molecular formula is C23H33N3O. The van der Waals surface area contributed by atoms with Gasteiger partial charge in [0.05, 0.1) is 6.04 Å². The van der Waals surface area contributed by atoms with Gasteiger partial charge in [-0.15, -0.1) is 0 Å². The maximum Gasteiger partial charge on any atom is 0.243 e. The molecule has 0 radical (unpaired) electrons. The average Bonchev–Trinajstić information content (AvgIpc) is 3.19. The molecule has 0 saturated heterocycles. The molecule has 0 bridgehead atoms. The van der Waals surface area contributed by atoms with Gasteiger partial charge in [0, 0.05) is 12.0 Å². The predicted octanol–water partition coefficient (Wildman–Crippen LogP) is 5.28. The van der Waals surface area contributed by atoms with Gasteiger partial charge in [0.2, 0.25) is 5.89 Å². The predicted molar refractivity (Wildman–Crippen MR) is 108 cm³/mol. The quantitative estimate of drug-likeness (QED) is 0.755. The monoisotopic (exact) mass is 367 g/mol. The first-order valence-electron chi connectivity index (χ1n) is 10.9. The Morgan fingerprint density at radius 2 is 1.81 bits per heavy atom. The maximum atomic E-state index is 5.58. The fourth-order valence-corrected chi connectivity index (χ4v) is 4.77. The normalized spacial score (nSPS) is 20.2. The van der Waals surface area contributed by atoms with Crippen molar-refractivity contribution in [2.75, 3.05) is 0 Å². The van der Waals surface area contributed by atoms with Crippen molar-refractivity contribution in [3.63, 3.8) is 0 Å². The lowest BCUT2D eigenvalue weighted by atomic mass is 9.89. The molecule has 27 heavy (non-hydrogen) atoms. The van der Waals surface area contributed by atoms with Crippen molar-refractivity contribution in [3.8, 4) is 0 Å². The first-order chi connectivity index (χ1) is 13.2. The van der Waals surface area contributed by atoms with Gasteiger partial charge in [-0.05, 0) is 75.5 Å². The van der Waals surface area contributed by atoms with Gasteiger partial charge < -0.3 is 9.84 Å². The zero-order valence-corrected chi connectivity index (χ0v) is 16.8. The molecule has 2 aliphatic rings. The van der Waals surface area contributed by atoms with Gasteiger partial charge in [-0.3, -0.25) is 0 Å². The lowest BCUT2D eigenvalue weighted by molar-refractivity contribution is 0.319. The highest BCUT2D eigenvalue weighted by atomic mass is 16.5. The van der Waals surface area contributed by atoms with Gasteiger partial charge in [-0.2, -0.15) is 4.98 Å². The number of hydrogen-bond donors (Lipinski definition) is 1. The second kappa shape index (κ2) is 8.55. The number of aryl methyl sites for hydroxylation is 2. The third-order valence-electron chi connectivity index (χ3n) is 6.29. The van der Waals surface area contributed by atoms with Crippen LogP contribution in [0.5, 0.6) is 0 Å². The Kier molecular flexibility index (Phi) is 5.92. The summed E-state index contributed by atoms with van der Waals surface area (Å²) in [6, 6.07) is 7.52. The van der Waals surface area contributed by atoms with E-state index in [4.69, 9.17) is 9.51 Å². The van der Waals surface area contributed by atoms with Crippen molar-refractivity contribution < 1.29 is 4.52 Å². The van der Waals surface area contributed by atoms with Crippen LogP contribution in [-0.4, -0.2) is 16.2 Å². The van der Waals surface area contributed by atoms with E-state index >= 15 is 0 Å². The van der Waals surface area contributed by atoms with Crippen LogP contribution >= 0.6 is 0 Å². The van der Waals surface area contributed by atoms with E-state index in [1.54, 1.807) is 11.1 Å². The zero-order valence-electron chi connectivity index (χ0n) is 16.8. The Balaban J connectivity index is 1.33. The Morgan fingerprint density at radius 1 is 1.04 bits per heavy atom. The smallest absolute Gasteiger partial charge is 0.243 e. The average molecular weight is 368 g/mol. The van der Waals surface area contributed by atoms with Crippen LogP contribution in [0.25, 0.3) is 0 Å². The topological polar surface area (TPSA) is 51.0 Å². The summed E-state index contributed by atoms with van der Waals surface area (Å²) in [4.78, 5) is 4.71. The van der Waals surface area contributed by atoms with E-state index in [0.29, 0.717) is 12.0 Å². The fourth-order valence-electron chi connectivity index (χ4n) is 4.77. The van der Waals surface area contributed by atoms with Gasteiger partial charge in [-0.1, -0.05) is 42.6 Å². The molecular weight excluding hydrogens is 334 g/mol. The van der Waals surface area contributed by atoms with Crippen LogP contribution in [0.1, 0.15) is 99.2 Å². The number of nitrogens with one attached hydrogen (secondary N) is 1. The second-order valence-corrected chi connectivity index (χ2v) is 8.63. The first-order valence-corrected chi connectivity index (χ1v) is 10.9. The minimum absolute atomic E-state index is 0.0856. The molecule has 4 nitrogen and oxygen atoms in total. The maximum absolute atomic E-state index is 5.58. The minimum atomic E-state index is 0.0856. The summed E-state index contributed by atoms with van der Waals surface area (Å²) in [6.07, 6.45) is 12.5. The summed E-state index contributed by atoms with van der Waals surface area (Å²) in [5.74, 6) is 2.14. The Morgan fingerprint density at radius 3 is 2.63 bits per heavy atom. The van der Waals surface area contributed by atoms with Crippen LogP contribution in [0.4, 0.5) is 0 Å². The molecule has 1 fully saturated rings. The number of hydrogen-bond acceptors (Lipinski definition) is 4. The van der Waals surface area contributed by atoms with E-state index in [9.17, 15) is 0 Å². The highest BCUT2D eigenvalue weighted by molar-refractivity contribution is 5.34. The minimum Gasteiger partial charge on any atom is -0.338 e. The standard InChI is InChI=1S/C23H33N3O/c1-16(14-18-12-13-19-8-6-7-11-21(19)15-18)24-17(2)23-25-22(26-27-23)20-9-4-3-5-10-20/h12-13,15-17,20,24H,3-11,14H2,1-2H3. The molecule has 2 aromatic rings. The van der Waals surface area contributed by atoms with E-state index in [-0.39, 0.29) is 6.04 Å². The van der Waals surface area contributed by atoms with Crippen molar-refractivity contribution >= 4 is 0 Å². The number of benzene rings is 1. The van der Waals surface area contributed by atoms with Gasteiger partial charge in [0.15, 0.2) is 5.82 Å². The highest BCUT2D eigenvalue weighted by Gasteiger charge is 2.23. The molecule has 0 spiro atoms. The number of rotatable bonds is 6. The van der Waals surface area contributed by atoms with E-state index in [1.165, 1.54) is 63.4 Å². The summed E-state index contributed by atoms with van der Waals surface area (Å²) in [6.45, 7) is 4.37. The van der Waals surface area contributed by atoms with Crippen LogP contribution in [0.2, 0.25) is 0 Å². The third kappa shape index (κ3) is 4.60. The molecule has 1 aromatic heterocycles. The summed E-state index contributed by atoms with van der Waals surface area (Å²) >= 11 is 0. The lowest BCUT2D eigenvalue weighted by Crippen LogP contribution is -2.31. The van der Waals surface area contributed by atoms with Gasteiger partial charge in [0.1, 0.15) is 0 Å². The Labute approximate surface area is 163 Å². The van der Waals surface area contributed by atoms with E-state index < -0.39 is 0 Å². The van der Waals surface area contributed by atoms with Crippen molar-refractivity contribution in [1.29, 1.82) is 0 Å². The van der Waals surface area contributed by atoms with Gasteiger partial charge in [-0.25, -0.2) is 0 Å². The van der Waals surface area contributed by atoms with Crippen LogP contribution in [0.15, 0.2) is 22.7 Å².